The normalized spacial score (nSPS) is 21.6. The molecule has 1 N–H and O–H groups in total. The van der Waals surface area contributed by atoms with Gasteiger partial charge in [-0.1, -0.05) is 6.07 Å². The van der Waals surface area contributed by atoms with Crippen molar-refractivity contribution in [2.24, 2.45) is 5.92 Å². The van der Waals surface area contributed by atoms with Gasteiger partial charge in [-0.25, -0.2) is 8.42 Å². The number of aromatic amines is 1. The van der Waals surface area contributed by atoms with E-state index in [0.29, 0.717) is 12.5 Å². The maximum Gasteiger partial charge on any atom is 0.219 e. The zero-order valence-electron chi connectivity index (χ0n) is 16.9. The third-order valence-electron chi connectivity index (χ3n) is 5.74. The highest BCUT2D eigenvalue weighted by Gasteiger charge is 2.43. The molecular weight excluding hydrogens is 372 g/mol. The van der Waals surface area contributed by atoms with E-state index in [1.807, 2.05) is 19.3 Å². The Labute approximate surface area is 166 Å². The number of aromatic nitrogens is 3. The summed E-state index contributed by atoms with van der Waals surface area (Å²) < 4.78 is 29.0. The molecular formula is C21H28N4O2S. The molecule has 0 saturated carbocycles. The number of fused-ring (bicyclic) bond motifs is 1. The molecule has 150 valence electrons. The highest BCUT2D eigenvalue weighted by molar-refractivity contribution is 7.90. The van der Waals surface area contributed by atoms with Crippen molar-refractivity contribution in [3.63, 3.8) is 0 Å². The average Bonchev–Trinajstić information content (AvgIpc) is 3.34. The number of nitrogens with one attached hydrogen (secondary N) is 1. The van der Waals surface area contributed by atoms with Crippen molar-refractivity contribution in [3.8, 4) is 11.1 Å². The maximum atomic E-state index is 12.9. The fourth-order valence-corrected chi connectivity index (χ4v) is 5.82. The molecule has 7 heteroatoms. The molecule has 6 nitrogen and oxygen atoms in total. The van der Waals surface area contributed by atoms with Crippen molar-refractivity contribution >= 4 is 20.9 Å². The fourth-order valence-electron chi connectivity index (χ4n) is 4.15. The van der Waals surface area contributed by atoms with Gasteiger partial charge in [0.25, 0.3) is 0 Å². The highest BCUT2D eigenvalue weighted by Crippen LogP contribution is 2.33. The Morgan fingerprint density at radius 2 is 2.00 bits per heavy atom. The molecule has 4 rings (SSSR count). The molecule has 2 atom stereocenters. The van der Waals surface area contributed by atoms with Crippen molar-refractivity contribution in [1.29, 1.82) is 0 Å². The third kappa shape index (κ3) is 3.26. The Hall–Kier alpha value is -2.12. The summed E-state index contributed by atoms with van der Waals surface area (Å²) >= 11 is 0. The smallest absolute Gasteiger partial charge is 0.219 e. The summed E-state index contributed by atoms with van der Waals surface area (Å²) in [6, 6.07) is 8.59. The predicted octanol–water partition coefficient (Wildman–Crippen LogP) is 3.87. The minimum Gasteiger partial charge on any atom is -0.347 e. The molecule has 1 aliphatic rings. The quantitative estimate of drug-likeness (QED) is 0.723. The second-order valence-electron chi connectivity index (χ2n) is 8.87. The number of rotatable bonds is 4. The van der Waals surface area contributed by atoms with Crippen molar-refractivity contribution < 1.29 is 8.42 Å². The van der Waals surface area contributed by atoms with Gasteiger partial charge in [0.1, 0.15) is 0 Å². The zero-order chi connectivity index (χ0) is 20.1. The van der Waals surface area contributed by atoms with E-state index in [1.165, 1.54) is 10.9 Å². The van der Waals surface area contributed by atoms with Gasteiger partial charge in [-0.3, -0.25) is 5.10 Å². The lowest BCUT2D eigenvalue weighted by atomic mass is 10.1. The lowest BCUT2D eigenvalue weighted by Gasteiger charge is -2.29. The molecule has 0 radical (unpaired) electrons. The summed E-state index contributed by atoms with van der Waals surface area (Å²) in [5.41, 5.74) is 3.38. The first kappa shape index (κ1) is 19.2. The number of benzene rings is 1. The largest absolute Gasteiger partial charge is 0.347 e. The molecule has 1 aliphatic heterocycles. The van der Waals surface area contributed by atoms with Gasteiger partial charge >= 0.3 is 0 Å². The van der Waals surface area contributed by atoms with Crippen molar-refractivity contribution in [3.05, 3.63) is 42.9 Å². The van der Waals surface area contributed by atoms with E-state index < -0.39 is 14.8 Å². The first-order valence-corrected chi connectivity index (χ1v) is 11.2. The van der Waals surface area contributed by atoms with Crippen LogP contribution < -0.4 is 0 Å². The molecule has 3 aromatic rings. The Bertz CT molecular complexity index is 1080. The fraction of sp³-hybridized carbons (Fsp3) is 0.476. The van der Waals surface area contributed by atoms with Crippen molar-refractivity contribution in [2.45, 2.75) is 51.4 Å². The van der Waals surface area contributed by atoms with Crippen LogP contribution in [-0.4, -0.2) is 44.8 Å². The average molecular weight is 401 g/mol. The van der Waals surface area contributed by atoms with E-state index in [0.717, 1.165) is 24.1 Å². The minimum atomic E-state index is -3.30. The SMILES string of the molecule is C[C@H]1CC(Cn2ccc3cc(-c4cn[nH]c4)ccc32)CN1S(=O)(=O)C(C)(C)C. The van der Waals surface area contributed by atoms with E-state index >= 15 is 0 Å². The molecule has 0 bridgehead atoms. The maximum absolute atomic E-state index is 12.9. The molecule has 1 unspecified atom stereocenters. The molecule has 28 heavy (non-hydrogen) atoms. The van der Waals surface area contributed by atoms with Gasteiger partial charge in [0, 0.05) is 48.0 Å². The van der Waals surface area contributed by atoms with Crippen molar-refractivity contribution in [1.82, 2.24) is 19.1 Å². The van der Waals surface area contributed by atoms with Crippen molar-refractivity contribution in [2.75, 3.05) is 6.54 Å². The monoisotopic (exact) mass is 400 g/mol. The van der Waals surface area contributed by atoms with Gasteiger partial charge in [-0.2, -0.15) is 9.40 Å². The Balaban J connectivity index is 1.54. The highest BCUT2D eigenvalue weighted by atomic mass is 32.2. The number of H-pyrrole nitrogens is 1. The first-order valence-electron chi connectivity index (χ1n) is 9.76. The van der Waals surface area contributed by atoms with E-state index in [-0.39, 0.29) is 6.04 Å². The molecule has 1 saturated heterocycles. The molecule has 2 aromatic heterocycles. The van der Waals surface area contributed by atoms with Gasteiger partial charge in [-0.05, 0) is 63.8 Å². The van der Waals surface area contributed by atoms with Crippen LogP contribution in [-0.2, 0) is 16.6 Å². The third-order valence-corrected chi connectivity index (χ3v) is 8.42. The second-order valence-corrected chi connectivity index (χ2v) is 11.5. The van der Waals surface area contributed by atoms with Crippen LogP contribution in [0.1, 0.15) is 34.1 Å². The van der Waals surface area contributed by atoms with E-state index in [9.17, 15) is 8.42 Å². The van der Waals surface area contributed by atoms with Crippen LogP contribution in [0.2, 0.25) is 0 Å². The minimum absolute atomic E-state index is 0.0451. The van der Waals surface area contributed by atoms with E-state index in [1.54, 1.807) is 25.1 Å². The van der Waals surface area contributed by atoms with Gasteiger partial charge in [0.2, 0.25) is 10.0 Å². The molecule has 1 fully saturated rings. The Morgan fingerprint density at radius 1 is 1.21 bits per heavy atom. The van der Waals surface area contributed by atoms with Crippen LogP contribution in [0.15, 0.2) is 42.9 Å². The van der Waals surface area contributed by atoms with E-state index in [4.69, 9.17) is 0 Å². The number of sulfonamides is 1. The van der Waals surface area contributed by atoms with Crippen LogP contribution in [0.3, 0.4) is 0 Å². The lowest BCUT2D eigenvalue weighted by Crippen LogP contribution is -2.44. The van der Waals surface area contributed by atoms with Crippen LogP contribution in [0.5, 0.6) is 0 Å². The summed E-state index contributed by atoms with van der Waals surface area (Å²) in [5.74, 6) is 0.316. The summed E-state index contributed by atoms with van der Waals surface area (Å²) in [4.78, 5) is 0. The summed E-state index contributed by atoms with van der Waals surface area (Å²) in [6.07, 6.45) is 6.71. The molecule has 1 aromatic carbocycles. The first-order chi connectivity index (χ1) is 13.2. The summed E-state index contributed by atoms with van der Waals surface area (Å²) in [5, 5.41) is 8.06. The standard InChI is InChI=1S/C21H28N4O2S/c1-15-9-16(14-25(15)28(26,27)21(2,3)4)13-24-8-7-18-10-17(5-6-20(18)24)19-11-22-23-12-19/h5-8,10-12,15-16H,9,13-14H2,1-4H3,(H,22,23)/t15-,16?/m0/s1. The molecule has 0 amide bonds. The predicted molar refractivity (Wildman–Crippen MR) is 112 cm³/mol. The Morgan fingerprint density at radius 3 is 2.68 bits per heavy atom. The van der Waals surface area contributed by atoms with Crippen LogP contribution in [0.4, 0.5) is 0 Å². The van der Waals surface area contributed by atoms with Gasteiger partial charge in [-0.15, -0.1) is 0 Å². The van der Waals surface area contributed by atoms with Crippen LogP contribution in [0, 0.1) is 5.92 Å². The zero-order valence-corrected chi connectivity index (χ0v) is 17.7. The summed E-state index contributed by atoms with van der Waals surface area (Å²) in [6.45, 7) is 8.77. The second kappa shape index (κ2) is 6.74. The van der Waals surface area contributed by atoms with Gasteiger partial charge in [0.15, 0.2) is 0 Å². The van der Waals surface area contributed by atoms with Crippen LogP contribution in [0.25, 0.3) is 22.0 Å². The lowest BCUT2D eigenvalue weighted by molar-refractivity contribution is 0.384. The number of hydrogen-bond acceptors (Lipinski definition) is 3. The van der Waals surface area contributed by atoms with Crippen LogP contribution >= 0.6 is 0 Å². The van der Waals surface area contributed by atoms with Gasteiger partial charge in [0.05, 0.1) is 10.9 Å². The topological polar surface area (TPSA) is 71.0 Å². The van der Waals surface area contributed by atoms with E-state index in [2.05, 4.69) is 45.2 Å². The molecule has 0 spiro atoms. The van der Waals surface area contributed by atoms with Gasteiger partial charge < -0.3 is 4.57 Å². The number of hydrogen-bond donors (Lipinski definition) is 1. The summed E-state index contributed by atoms with van der Waals surface area (Å²) in [7, 11) is -3.30. The molecule has 0 aliphatic carbocycles. The number of nitrogens with zero attached hydrogens (tertiary/aromatic N) is 3. The molecule has 3 heterocycles. The Kier molecular flexibility index (Phi) is 4.62.